The minimum absolute atomic E-state index is 0.0411. The highest BCUT2D eigenvalue weighted by Gasteiger charge is 2.36. The predicted octanol–water partition coefficient (Wildman–Crippen LogP) is 5.76. The molecule has 1 aliphatic rings. The molecule has 8 heteroatoms. The van der Waals surface area contributed by atoms with Crippen LogP contribution in [0.2, 0.25) is 0 Å². The molecule has 4 rings (SSSR count). The fraction of sp³-hybridized carbons (Fsp3) is 0.200. The highest BCUT2D eigenvalue weighted by atomic mass is 19.4. The Bertz CT molecular complexity index is 1150. The van der Waals surface area contributed by atoms with Gasteiger partial charge in [-0.05, 0) is 33.9 Å². The van der Waals surface area contributed by atoms with E-state index in [0.717, 1.165) is 34.4 Å². The van der Waals surface area contributed by atoms with Gasteiger partial charge in [0.25, 0.3) is 0 Å². The third-order valence-electron chi connectivity index (χ3n) is 5.66. The molecule has 0 bridgehead atoms. The van der Waals surface area contributed by atoms with E-state index in [9.17, 15) is 27.9 Å². The Morgan fingerprint density at radius 1 is 0.909 bits per heavy atom. The van der Waals surface area contributed by atoms with Crippen LogP contribution in [0, 0.1) is 0 Å². The molecule has 0 aromatic heterocycles. The van der Waals surface area contributed by atoms with Crippen LogP contribution in [0.5, 0.6) is 0 Å². The summed E-state index contributed by atoms with van der Waals surface area (Å²) in [4.78, 5) is 23.8. The zero-order chi connectivity index (χ0) is 23.6. The monoisotopic (exact) mass is 455 g/mol. The average molecular weight is 455 g/mol. The van der Waals surface area contributed by atoms with Gasteiger partial charge >= 0.3 is 18.2 Å². The number of alkyl halides is 3. The molecule has 0 spiro atoms. The van der Waals surface area contributed by atoms with Crippen molar-refractivity contribution in [3.8, 4) is 11.1 Å². The van der Waals surface area contributed by atoms with E-state index in [0.29, 0.717) is 0 Å². The van der Waals surface area contributed by atoms with E-state index >= 15 is 0 Å². The van der Waals surface area contributed by atoms with Crippen molar-refractivity contribution >= 4 is 12.1 Å². The number of hydrogen-bond acceptors (Lipinski definition) is 3. The number of rotatable bonds is 6. The van der Waals surface area contributed by atoms with Gasteiger partial charge in [0.1, 0.15) is 6.61 Å². The van der Waals surface area contributed by atoms with Gasteiger partial charge in [0.15, 0.2) is 0 Å². The Kier molecular flexibility index (Phi) is 6.09. The number of carbonyl (C=O) groups is 2. The zero-order valence-electron chi connectivity index (χ0n) is 17.3. The SMILES string of the molecule is O=C(O)CC(NC(=O)OCC1c2ccccc2-c2ccccc21)c1ccccc1C(F)(F)F. The summed E-state index contributed by atoms with van der Waals surface area (Å²) in [6.45, 7) is -0.0411. The molecule has 0 heterocycles. The number of carboxylic acids is 1. The third kappa shape index (κ3) is 4.69. The van der Waals surface area contributed by atoms with Gasteiger partial charge in [0.2, 0.25) is 0 Å². The van der Waals surface area contributed by atoms with Crippen LogP contribution in [0.25, 0.3) is 11.1 Å². The van der Waals surface area contributed by atoms with E-state index in [1.165, 1.54) is 12.1 Å². The van der Waals surface area contributed by atoms with Gasteiger partial charge in [0.05, 0.1) is 18.0 Å². The molecule has 33 heavy (non-hydrogen) atoms. The van der Waals surface area contributed by atoms with Crippen LogP contribution in [0.4, 0.5) is 18.0 Å². The van der Waals surface area contributed by atoms with Crippen molar-refractivity contribution in [3.05, 3.63) is 95.1 Å². The third-order valence-corrected chi connectivity index (χ3v) is 5.66. The summed E-state index contributed by atoms with van der Waals surface area (Å²) in [7, 11) is 0. The molecule has 0 saturated heterocycles. The molecule has 0 aliphatic heterocycles. The quantitative estimate of drug-likeness (QED) is 0.496. The Labute approximate surface area is 187 Å². The maximum absolute atomic E-state index is 13.4. The minimum Gasteiger partial charge on any atom is -0.481 e. The van der Waals surface area contributed by atoms with Gasteiger partial charge in [-0.3, -0.25) is 4.79 Å². The Morgan fingerprint density at radius 3 is 2.03 bits per heavy atom. The van der Waals surface area contributed by atoms with Crippen LogP contribution in [0.1, 0.15) is 40.6 Å². The average Bonchev–Trinajstić information content (AvgIpc) is 3.10. The molecular formula is C25H20F3NO4. The van der Waals surface area contributed by atoms with E-state index in [2.05, 4.69) is 5.32 Å². The van der Waals surface area contributed by atoms with Crippen LogP contribution < -0.4 is 5.32 Å². The number of benzene rings is 3. The first-order valence-corrected chi connectivity index (χ1v) is 10.2. The molecule has 1 amide bonds. The molecule has 3 aromatic rings. The van der Waals surface area contributed by atoms with Gasteiger partial charge in [-0.15, -0.1) is 0 Å². The molecule has 1 atom stereocenters. The Balaban J connectivity index is 1.53. The smallest absolute Gasteiger partial charge is 0.416 e. The minimum atomic E-state index is -4.70. The number of aliphatic carboxylic acids is 1. The Morgan fingerprint density at radius 2 is 1.45 bits per heavy atom. The zero-order valence-corrected chi connectivity index (χ0v) is 17.3. The summed E-state index contributed by atoms with van der Waals surface area (Å²) in [5.41, 5.74) is 2.69. The van der Waals surface area contributed by atoms with Crippen molar-refractivity contribution in [1.29, 1.82) is 0 Å². The molecule has 1 aliphatic carbocycles. The second kappa shape index (κ2) is 8.97. The van der Waals surface area contributed by atoms with Crippen molar-refractivity contribution in [3.63, 3.8) is 0 Å². The van der Waals surface area contributed by atoms with E-state index in [1.54, 1.807) is 0 Å². The largest absolute Gasteiger partial charge is 0.481 e. The molecule has 0 saturated carbocycles. The second-order valence-corrected chi connectivity index (χ2v) is 7.71. The highest BCUT2D eigenvalue weighted by molar-refractivity contribution is 5.79. The molecule has 0 fully saturated rings. The normalized spacial score (nSPS) is 13.7. The fourth-order valence-corrected chi connectivity index (χ4v) is 4.25. The van der Waals surface area contributed by atoms with Crippen LogP contribution in [0.15, 0.2) is 72.8 Å². The van der Waals surface area contributed by atoms with E-state index in [1.807, 2.05) is 48.5 Å². The summed E-state index contributed by atoms with van der Waals surface area (Å²) in [6.07, 6.45) is -6.41. The summed E-state index contributed by atoms with van der Waals surface area (Å²) in [6, 6.07) is 18.6. The number of fused-ring (bicyclic) bond motifs is 3. The highest BCUT2D eigenvalue weighted by Crippen LogP contribution is 2.44. The number of halogens is 3. The fourth-order valence-electron chi connectivity index (χ4n) is 4.25. The summed E-state index contributed by atoms with van der Waals surface area (Å²) >= 11 is 0. The standard InChI is InChI=1S/C25H20F3NO4/c26-25(27,28)21-12-6-5-11-19(21)22(13-23(30)31)29-24(32)33-14-20-17-9-3-1-7-15(17)16-8-2-4-10-18(16)20/h1-12,20,22H,13-14H2,(H,29,32)(H,30,31). The maximum Gasteiger partial charge on any atom is 0.416 e. The van der Waals surface area contributed by atoms with Crippen molar-refractivity contribution in [2.24, 2.45) is 0 Å². The number of nitrogens with one attached hydrogen (secondary N) is 1. The molecule has 5 nitrogen and oxygen atoms in total. The van der Waals surface area contributed by atoms with Gasteiger partial charge < -0.3 is 15.2 Å². The lowest BCUT2D eigenvalue weighted by molar-refractivity contribution is -0.140. The Hall–Kier alpha value is -3.81. The van der Waals surface area contributed by atoms with E-state index in [-0.39, 0.29) is 18.1 Å². The topological polar surface area (TPSA) is 75.6 Å². The van der Waals surface area contributed by atoms with Crippen molar-refractivity contribution < 1.29 is 32.6 Å². The molecule has 3 aromatic carbocycles. The molecular weight excluding hydrogens is 435 g/mol. The second-order valence-electron chi connectivity index (χ2n) is 7.71. The van der Waals surface area contributed by atoms with Crippen LogP contribution in [-0.2, 0) is 15.7 Å². The predicted molar refractivity (Wildman–Crippen MR) is 115 cm³/mol. The first kappa shape index (κ1) is 22.4. The van der Waals surface area contributed by atoms with Crippen molar-refractivity contribution in [1.82, 2.24) is 5.32 Å². The number of alkyl carbamates (subject to hydrolysis) is 1. The lowest BCUT2D eigenvalue weighted by Gasteiger charge is -2.22. The lowest BCUT2D eigenvalue weighted by atomic mass is 9.97. The van der Waals surface area contributed by atoms with Gasteiger partial charge in [-0.2, -0.15) is 13.2 Å². The van der Waals surface area contributed by atoms with Crippen molar-refractivity contribution in [2.45, 2.75) is 24.6 Å². The van der Waals surface area contributed by atoms with Crippen LogP contribution in [-0.4, -0.2) is 23.8 Å². The summed E-state index contributed by atoms with van der Waals surface area (Å²) < 4.78 is 45.7. The van der Waals surface area contributed by atoms with Crippen LogP contribution in [0.3, 0.4) is 0 Å². The summed E-state index contributed by atoms with van der Waals surface area (Å²) in [5, 5.41) is 11.5. The summed E-state index contributed by atoms with van der Waals surface area (Å²) in [5.74, 6) is -1.58. The molecule has 2 N–H and O–H groups in total. The van der Waals surface area contributed by atoms with Crippen molar-refractivity contribution in [2.75, 3.05) is 6.61 Å². The number of amides is 1. The maximum atomic E-state index is 13.4. The molecule has 0 radical (unpaired) electrons. The first-order chi connectivity index (χ1) is 15.8. The van der Waals surface area contributed by atoms with Gasteiger partial charge in [0, 0.05) is 5.92 Å². The van der Waals surface area contributed by atoms with Gasteiger partial charge in [-0.25, -0.2) is 4.79 Å². The van der Waals surface area contributed by atoms with E-state index < -0.39 is 36.3 Å². The lowest BCUT2D eigenvalue weighted by Crippen LogP contribution is -2.33. The van der Waals surface area contributed by atoms with E-state index in [4.69, 9.17) is 4.74 Å². The number of carboxylic acid groups (broad SMARTS) is 1. The van der Waals surface area contributed by atoms with Crippen LogP contribution >= 0.6 is 0 Å². The van der Waals surface area contributed by atoms with Gasteiger partial charge in [-0.1, -0.05) is 66.7 Å². The number of carbonyl (C=O) groups excluding carboxylic acids is 1. The molecule has 170 valence electrons. The number of ether oxygens (including phenoxy) is 1. The molecule has 1 unspecified atom stereocenters. The first-order valence-electron chi connectivity index (χ1n) is 10.2. The number of hydrogen-bond donors (Lipinski definition) is 2.